The zero-order valence-electron chi connectivity index (χ0n) is 30.6. The quantitative estimate of drug-likeness (QED) is 0.0432. The molecule has 1 amide bonds. The van der Waals surface area contributed by atoms with Crippen molar-refractivity contribution in [1.82, 2.24) is 5.32 Å². The smallest absolute Gasteiger partial charge is 0.220 e. The zero-order chi connectivity index (χ0) is 35.4. The molecule has 0 aliphatic carbocycles. The van der Waals surface area contributed by atoms with Crippen LogP contribution in [0.15, 0.2) is 0 Å². The second-order valence-electron chi connectivity index (χ2n) is 14.2. The second-order valence-corrected chi connectivity index (χ2v) is 14.2. The Morgan fingerprint density at radius 3 is 1.54 bits per heavy atom. The molecule has 0 bridgehead atoms. The summed E-state index contributed by atoms with van der Waals surface area (Å²) in [6.07, 6.45) is 18.3. The van der Waals surface area contributed by atoms with Gasteiger partial charge in [0.25, 0.3) is 0 Å². The number of aliphatic hydroxyl groups is 6. The van der Waals surface area contributed by atoms with Crippen LogP contribution in [0.1, 0.15) is 174 Å². The lowest BCUT2D eigenvalue weighted by atomic mass is 9.98. The molecule has 1 heterocycles. The summed E-state index contributed by atoms with van der Waals surface area (Å²) in [6.45, 7) is 3.56. The summed E-state index contributed by atoms with van der Waals surface area (Å²) < 4.78 is 11.1. The number of hydrogen-bond donors (Lipinski definition) is 7. The summed E-state index contributed by atoms with van der Waals surface area (Å²) >= 11 is 0. The molecule has 0 radical (unpaired) electrons. The monoisotopic (exact) mass is 690 g/mol. The Balaban J connectivity index is 2.48. The molecule has 10 heteroatoms. The predicted octanol–water partition coefficient (Wildman–Crippen LogP) is 5.80. The lowest BCUT2D eigenvalue weighted by molar-refractivity contribution is -0.303. The van der Waals surface area contributed by atoms with Crippen molar-refractivity contribution in [2.45, 2.75) is 223 Å². The molecule has 1 rings (SSSR count). The number of carbonyl (C=O) groups is 1. The first-order valence-corrected chi connectivity index (χ1v) is 19.8. The van der Waals surface area contributed by atoms with Gasteiger partial charge in [0.05, 0.1) is 25.4 Å². The van der Waals surface area contributed by atoms with Crippen molar-refractivity contribution in [2.24, 2.45) is 0 Å². The highest BCUT2D eigenvalue weighted by Crippen LogP contribution is 2.23. The lowest BCUT2D eigenvalue weighted by Crippen LogP contribution is -2.60. The molecule has 0 spiro atoms. The SMILES string of the molecule is CCCCCCCCCCCCCCCC(=O)N[C@@H](CO[C@@H]1O[C@H](CO)[C@@H](O)C(O)C1O)[C@H](O)[C@H](O)CCCCCCCCCCCC. The molecule has 1 saturated heterocycles. The summed E-state index contributed by atoms with van der Waals surface area (Å²) in [4.78, 5) is 12.9. The molecule has 1 aliphatic rings. The predicted molar refractivity (Wildman–Crippen MR) is 190 cm³/mol. The highest BCUT2D eigenvalue weighted by atomic mass is 16.7. The molecule has 0 aromatic rings. The summed E-state index contributed by atoms with van der Waals surface area (Å²) in [5.41, 5.74) is 0. The van der Waals surface area contributed by atoms with Gasteiger partial charge in [-0.15, -0.1) is 0 Å². The molecule has 8 atom stereocenters. The molecule has 0 aromatic carbocycles. The van der Waals surface area contributed by atoms with Gasteiger partial charge < -0.3 is 45.4 Å². The maximum atomic E-state index is 12.9. The van der Waals surface area contributed by atoms with Crippen molar-refractivity contribution in [3.8, 4) is 0 Å². The van der Waals surface area contributed by atoms with E-state index in [1.807, 2.05) is 0 Å². The molecule has 7 N–H and O–H groups in total. The Kier molecular flexibility index (Phi) is 28.1. The fourth-order valence-corrected chi connectivity index (χ4v) is 6.49. The van der Waals surface area contributed by atoms with Gasteiger partial charge >= 0.3 is 0 Å². The molecular formula is C38H75NO9. The molecule has 2 unspecified atom stereocenters. The Morgan fingerprint density at radius 1 is 0.646 bits per heavy atom. The number of nitrogens with one attached hydrogen (secondary N) is 1. The van der Waals surface area contributed by atoms with Gasteiger partial charge in [-0.3, -0.25) is 4.79 Å². The molecule has 286 valence electrons. The lowest BCUT2D eigenvalue weighted by Gasteiger charge is -2.40. The van der Waals surface area contributed by atoms with E-state index in [2.05, 4.69) is 19.2 Å². The first-order valence-electron chi connectivity index (χ1n) is 19.8. The first-order chi connectivity index (χ1) is 23.3. The van der Waals surface area contributed by atoms with E-state index in [9.17, 15) is 35.4 Å². The number of hydrogen-bond acceptors (Lipinski definition) is 9. The molecular weight excluding hydrogens is 614 g/mol. The van der Waals surface area contributed by atoms with Gasteiger partial charge in [0.2, 0.25) is 5.91 Å². The van der Waals surface area contributed by atoms with Crippen LogP contribution in [0.25, 0.3) is 0 Å². The van der Waals surface area contributed by atoms with E-state index < -0.39 is 55.6 Å². The van der Waals surface area contributed by atoms with Crippen LogP contribution in [0.5, 0.6) is 0 Å². The standard InChI is InChI=1S/C38H75NO9/c1-3-5-7-9-11-13-15-16-17-19-21-23-25-27-33(42)39-30(29-47-38-37(46)36(45)35(44)32(28-40)48-38)34(43)31(41)26-24-22-20-18-14-12-10-8-6-4-2/h30-32,34-38,40-41,43-46H,3-29H2,1-2H3,(H,39,42)/t30-,31+,32+,34-,35+,36?,37?,38+/m0/s1. The average Bonchev–Trinajstić information content (AvgIpc) is 3.08. The third-order valence-electron chi connectivity index (χ3n) is 9.80. The van der Waals surface area contributed by atoms with Gasteiger partial charge in [-0.1, -0.05) is 155 Å². The Hall–Kier alpha value is -0.850. The number of aliphatic hydroxyl groups excluding tert-OH is 6. The van der Waals surface area contributed by atoms with Crippen LogP contribution in [-0.2, 0) is 14.3 Å². The number of amides is 1. The fourth-order valence-electron chi connectivity index (χ4n) is 6.49. The highest BCUT2D eigenvalue weighted by molar-refractivity contribution is 5.76. The third kappa shape index (κ3) is 20.7. The van der Waals surface area contributed by atoms with Gasteiger partial charge in [-0.25, -0.2) is 0 Å². The van der Waals surface area contributed by atoms with Crippen molar-refractivity contribution in [2.75, 3.05) is 13.2 Å². The summed E-state index contributed by atoms with van der Waals surface area (Å²) in [6, 6.07) is -0.982. The fraction of sp³-hybridized carbons (Fsp3) is 0.974. The van der Waals surface area contributed by atoms with E-state index >= 15 is 0 Å². The van der Waals surface area contributed by atoms with Crippen molar-refractivity contribution >= 4 is 5.91 Å². The maximum absolute atomic E-state index is 12.9. The van der Waals surface area contributed by atoms with Crippen LogP contribution in [0, 0.1) is 0 Å². The third-order valence-corrected chi connectivity index (χ3v) is 9.80. The van der Waals surface area contributed by atoms with Crippen molar-refractivity contribution < 1.29 is 44.9 Å². The number of carbonyl (C=O) groups excluding carboxylic acids is 1. The van der Waals surface area contributed by atoms with Crippen LogP contribution >= 0.6 is 0 Å². The zero-order valence-corrected chi connectivity index (χ0v) is 30.6. The average molecular weight is 690 g/mol. The van der Waals surface area contributed by atoms with E-state index in [1.165, 1.54) is 96.3 Å². The van der Waals surface area contributed by atoms with Crippen molar-refractivity contribution in [3.63, 3.8) is 0 Å². The topological polar surface area (TPSA) is 169 Å². The van der Waals surface area contributed by atoms with Crippen LogP contribution < -0.4 is 5.32 Å². The van der Waals surface area contributed by atoms with E-state index in [0.717, 1.165) is 51.4 Å². The summed E-state index contributed by atoms with van der Waals surface area (Å²) in [5.74, 6) is -0.259. The van der Waals surface area contributed by atoms with Crippen LogP contribution in [0.2, 0.25) is 0 Å². The Bertz CT molecular complexity index is 743. The van der Waals surface area contributed by atoms with Gasteiger partial charge in [-0.2, -0.15) is 0 Å². The van der Waals surface area contributed by atoms with Crippen molar-refractivity contribution in [1.29, 1.82) is 0 Å². The number of ether oxygens (including phenoxy) is 2. The second kappa shape index (κ2) is 29.8. The minimum atomic E-state index is -1.60. The van der Waals surface area contributed by atoms with Gasteiger partial charge in [0, 0.05) is 6.42 Å². The minimum Gasteiger partial charge on any atom is -0.394 e. The number of rotatable bonds is 32. The largest absolute Gasteiger partial charge is 0.394 e. The molecule has 0 saturated carbocycles. The molecule has 1 fully saturated rings. The molecule has 0 aromatic heterocycles. The van der Waals surface area contributed by atoms with Gasteiger partial charge in [0.15, 0.2) is 6.29 Å². The van der Waals surface area contributed by atoms with E-state index in [4.69, 9.17) is 9.47 Å². The van der Waals surface area contributed by atoms with Crippen LogP contribution in [0.4, 0.5) is 0 Å². The molecule has 10 nitrogen and oxygen atoms in total. The van der Waals surface area contributed by atoms with E-state index in [1.54, 1.807) is 0 Å². The van der Waals surface area contributed by atoms with Gasteiger partial charge in [0.1, 0.15) is 30.5 Å². The normalized spacial score (nSPS) is 23.2. The summed E-state index contributed by atoms with van der Waals surface area (Å²) in [5, 5.41) is 64.7. The Morgan fingerprint density at radius 2 is 1.08 bits per heavy atom. The maximum Gasteiger partial charge on any atom is 0.220 e. The van der Waals surface area contributed by atoms with Crippen molar-refractivity contribution in [3.05, 3.63) is 0 Å². The molecule has 1 aliphatic heterocycles. The van der Waals surface area contributed by atoms with E-state index in [0.29, 0.717) is 6.42 Å². The minimum absolute atomic E-state index is 0.259. The number of unbranched alkanes of at least 4 members (excludes halogenated alkanes) is 21. The van der Waals surface area contributed by atoms with E-state index in [-0.39, 0.29) is 18.9 Å². The van der Waals surface area contributed by atoms with Gasteiger partial charge in [-0.05, 0) is 12.8 Å². The molecule has 48 heavy (non-hydrogen) atoms. The first kappa shape index (κ1) is 45.2. The highest BCUT2D eigenvalue weighted by Gasteiger charge is 2.44. The summed E-state index contributed by atoms with van der Waals surface area (Å²) in [7, 11) is 0. The van der Waals surface area contributed by atoms with Crippen LogP contribution in [0.3, 0.4) is 0 Å². The van der Waals surface area contributed by atoms with Crippen LogP contribution in [-0.4, -0.2) is 98.7 Å². The Labute approximate surface area is 292 Å².